The van der Waals surface area contributed by atoms with Gasteiger partial charge < -0.3 is 14.7 Å². The van der Waals surface area contributed by atoms with Crippen molar-refractivity contribution in [1.29, 1.82) is 0 Å². The fourth-order valence-electron chi connectivity index (χ4n) is 5.55. The minimum Gasteiger partial charge on any atom is -0.491 e. The predicted octanol–water partition coefficient (Wildman–Crippen LogP) is 6.79. The number of fused-ring (bicyclic) bond motifs is 1. The van der Waals surface area contributed by atoms with E-state index in [0.29, 0.717) is 22.1 Å². The van der Waals surface area contributed by atoms with E-state index in [2.05, 4.69) is 0 Å². The first-order chi connectivity index (χ1) is 19.1. The highest BCUT2D eigenvalue weighted by Gasteiger charge is 2.53. The zero-order valence-corrected chi connectivity index (χ0v) is 25.5. The number of benzene rings is 2. The standard InChI is InChI=1S/C30H38F2N2O5S2/c1-28(2,27(35)36)19-39-24-15-26-23(14-25(24)40-22-16-30(17-22)12-13-30)34(20-8-6-5-7-9-20)18-21(10-11-29(3,31)32)33(4)41(26,37)38/h5-9,14-15,21-22H,10-13,16-19H2,1-4H3,(H,35,36)/t21-/m1/s1. The molecule has 41 heavy (non-hydrogen) atoms. The molecule has 0 saturated heterocycles. The lowest BCUT2D eigenvalue weighted by Gasteiger charge is -2.36. The molecule has 2 aromatic rings. The van der Waals surface area contributed by atoms with Gasteiger partial charge in [0.05, 0.1) is 16.0 Å². The van der Waals surface area contributed by atoms with Gasteiger partial charge in [0.2, 0.25) is 15.9 Å². The summed E-state index contributed by atoms with van der Waals surface area (Å²) in [7, 11) is -2.68. The van der Waals surface area contributed by atoms with Crippen LogP contribution in [0.5, 0.6) is 5.75 Å². The van der Waals surface area contributed by atoms with Crippen LogP contribution in [0.25, 0.3) is 0 Å². The first-order valence-corrected chi connectivity index (χ1v) is 16.3. The van der Waals surface area contributed by atoms with Crippen molar-refractivity contribution >= 4 is 39.1 Å². The zero-order valence-electron chi connectivity index (χ0n) is 23.9. The molecule has 3 aliphatic rings. The Hall–Kier alpha value is -2.37. The van der Waals surface area contributed by atoms with Crippen molar-refractivity contribution < 1.29 is 31.8 Å². The van der Waals surface area contributed by atoms with Crippen LogP contribution in [0.15, 0.2) is 52.3 Å². The molecule has 0 bridgehead atoms. The molecule has 5 rings (SSSR count). The van der Waals surface area contributed by atoms with Gasteiger partial charge in [-0.05, 0) is 76.5 Å². The molecule has 11 heteroatoms. The maximum Gasteiger partial charge on any atom is 0.312 e. The second-order valence-corrected chi connectivity index (χ2v) is 15.9. The van der Waals surface area contributed by atoms with Gasteiger partial charge in [0.15, 0.2) is 0 Å². The van der Waals surface area contributed by atoms with Crippen LogP contribution in [0.2, 0.25) is 0 Å². The third kappa shape index (κ3) is 6.37. The molecule has 0 unspecified atom stereocenters. The number of alkyl halides is 2. The lowest BCUT2D eigenvalue weighted by atomic mass is 9.81. The van der Waals surface area contributed by atoms with E-state index in [4.69, 9.17) is 4.74 Å². The molecule has 0 amide bonds. The Kier molecular flexibility index (Phi) is 7.87. The first kappa shape index (κ1) is 30.1. The van der Waals surface area contributed by atoms with E-state index in [9.17, 15) is 27.1 Å². The van der Waals surface area contributed by atoms with Crippen molar-refractivity contribution in [2.24, 2.45) is 10.8 Å². The van der Waals surface area contributed by atoms with Crippen LogP contribution in [0, 0.1) is 10.8 Å². The van der Waals surface area contributed by atoms with Crippen molar-refractivity contribution in [3.05, 3.63) is 42.5 Å². The second-order valence-electron chi connectivity index (χ2n) is 12.6. The average molecular weight is 609 g/mol. The predicted molar refractivity (Wildman–Crippen MR) is 156 cm³/mol. The Morgan fingerprint density at radius 2 is 1.80 bits per heavy atom. The monoisotopic (exact) mass is 608 g/mol. The molecule has 1 spiro atoms. The third-order valence-corrected chi connectivity index (χ3v) is 11.8. The highest BCUT2D eigenvalue weighted by molar-refractivity contribution is 8.00. The molecular formula is C30H38F2N2O5S2. The molecule has 2 saturated carbocycles. The Morgan fingerprint density at radius 1 is 1.15 bits per heavy atom. The normalized spacial score (nSPS) is 22.1. The molecular weight excluding hydrogens is 570 g/mol. The van der Waals surface area contributed by atoms with Gasteiger partial charge in [0.25, 0.3) is 0 Å². The number of para-hydroxylation sites is 1. The molecule has 7 nitrogen and oxygen atoms in total. The van der Waals surface area contributed by atoms with E-state index in [1.165, 1.54) is 30.3 Å². The van der Waals surface area contributed by atoms with Crippen molar-refractivity contribution in [3.63, 3.8) is 0 Å². The first-order valence-electron chi connectivity index (χ1n) is 14.0. The molecule has 0 radical (unpaired) electrons. The number of thioether (sulfide) groups is 1. The highest BCUT2D eigenvalue weighted by atomic mass is 32.2. The van der Waals surface area contributed by atoms with Crippen LogP contribution >= 0.6 is 11.8 Å². The van der Waals surface area contributed by atoms with Crippen molar-refractivity contribution in [3.8, 4) is 5.75 Å². The Balaban J connectivity index is 1.60. The number of nitrogens with zero attached hydrogens (tertiary/aromatic N) is 2. The SMILES string of the molecule is CN1[C@H](CCC(C)(F)F)CN(c2ccccc2)c2cc(SC3CC4(CC4)C3)c(OCC(C)(C)C(=O)O)cc2S1(=O)=O. The van der Waals surface area contributed by atoms with E-state index in [1.54, 1.807) is 25.6 Å². The summed E-state index contributed by atoms with van der Waals surface area (Å²) in [5.74, 6) is -3.62. The van der Waals surface area contributed by atoms with Gasteiger partial charge in [0.1, 0.15) is 17.3 Å². The lowest BCUT2D eigenvalue weighted by molar-refractivity contribution is -0.148. The highest BCUT2D eigenvalue weighted by Crippen LogP contribution is 2.64. The number of carboxylic acids is 1. The Bertz CT molecular complexity index is 1400. The number of rotatable bonds is 10. The van der Waals surface area contributed by atoms with Crippen LogP contribution in [0.1, 0.15) is 59.3 Å². The summed E-state index contributed by atoms with van der Waals surface area (Å²) < 4.78 is 63.2. The third-order valence-electron chi connectivity index (χ3n) is 8.60. The van der Waals surface area contributed by atoms with Crippen LogP contribution < -0.4 is 9.64 Å². The number of hydrogen-bond acceptors (Lipinski definition) is 6. The molecule has 1 aliphatic heterocycles. The van der Waals surface area contributed by atoms with Crippen LogP contribution in [0.3, 0.4) is 0 Å². The van der Waals surface area contributed by atoms with Gasteiger partial charge in [-0.3, -0.25) is 4.79 Å². The Morgan fingerprint density at radius 3 is 2.39 bits per heavy atom. The maximum atomic E-state index is 14.0. The number of likely N-dealkylation sites (N-methyl/N-ethyl adjacent to an activating group) is 1. The number of ether oxygens (including phenoxy) is 1. The number of carboxylic acid groups (broad SMARTS) is 1. The fraction of sp³-hybridized carbons (Fsp3) is 0.567. The summed E-state index contributed by atoms with van der Waals surface area (Å²) in [5, 5.41) is 10.0. The average Bonchev–Trinajstić information content (AvgIpc) is 3.68. The molecule has 2 fully saturated rings. The van der Waals surface area contributed by atoms with E-state index in [1.807, 2.05) is 41.3 Å². The minimum atomic E-state index is -4.11. The number of sulfonamides is 1. The summed E-state index contributed by atoms with van der Waals surface area (Å²) in [6.07, 6.45) is 4.21. The number of carbonyl (C=O) groups is 1. The second kappa shape index (κ2) is 10.7. The number of hydrogen-bond donors (Lipinski definition) is 1. The quantitative estimate of drug-likeness (QED) is 0.318. The van der Waals surface area contributed by atoms with Gasteiger partial charge >= 0.3 is 5.97 Å². The Labute approximate surface area is 245 Å². The minimum absolute atomic E-state index is 0.00867. The largest absolute Gasteiger partial charge is 0.491 e. The maximum absolute atomic E-state index is 14.0. The molecule has 1 N–H and O–H groups in total. The molecule has 1 atom stereocenters. The van der Waals surface area contributed by atoms with Gasteiger partial charge in [-0.2, -0.15) is 4.31 Å². The topological polar surface area (TPSA) is 87.2 Å². The fourth-order valence-corrected chi connectivity index (χ4v) is 8.76. The number of halogens is 2. The summed E-state index contributed by atoms with van der Waals surface area (Å²) in [6, 6.07) is 12.0. The summed E-state index contributed by atoms with van der Waals surface area (Å²) in [4.78, 5) is 14.4. The summed E-state index contributed by atoms with van der Waals surface area (Å²) in [6.45, 7) is 4.02. The number of aliphatic carboxylic acids is 1. The zero-order chi connectivity index (χ0) is 29.8. The molecule has 224 valence electrons. The van der Waals surface area contributed by atoms with Gasteiger partial charge in [-0.1, -0.05) is 18.2 Å². The summed E-state index contributed by atoms with van der Waals surface area (Å²) >= 11 is 1.64. The number of anilines is 2. The lowest BCUT2D eigenvalue weighted by Crippen LogP contribution is -2.41. The van der Waals surface area contributed by atoms with Gasteiger partial charge in [-0.15, -0.1) is 11.8 Å². The van der Waals surface area contributed by atoms with Crippen LogP contribution in [-0.2, 0) is 14.8 Å². The van der Waals surface area contributed by atoms with Crippen molar-refractivity contribution in [1.82, 2.24) is 4.31 Å². The van der Waals surface area contributed by atoms with Gasteiger partial charge in [-0.25, -0.2) is 17.2 Å². The van der Waals surface area contributed by atoms with Crippen molar-refractivity contribution in [2.45, 2.75) is 86.3 Å². The van der Waals surface area contributed by atoms with E-state index in [-0.39, 0.29) is 24.5 Å². The molecule has 0 aromatic heterocycles. The van der Waals surface area contributed by atoms with E-state index >= 15 is 0 Å². The van der Waals surface area contributed by atoms with Gasteiger partial charge in [0, 0.05) is 43.1 Å². The summed E-state index contributed by atoms with van der Waals surface area (Å²) in [5.41, 5.74) is 0.490. The van der Waals surface area contributed by atoms with Crippen LogP contribution in [-0.4, -0.2) is 61.2 Å². The van der Waals surface area contributed by atoms with Crippen molar-refractivity contribution in [2.75, 3.05) is 25.1 Å². The van der Waals surface area contributed by atoms with Crippen LogP contribution in [0.4, 0.5) is 20.2 Å². The van der Waals surface area contributed by atoms with E-state index < -0.39 is 39.8 Å². The molecule has 2 aliphatic carbocycles. The van der Waals surface area contributed by atoms with E-state index in [0.717, 1.165) is 30.3 Å². The smallest absolute Gasteiger partial charge is 0.312 e. The molecule has 2 aromatic carbocycles. The molecule has 1 heterocycles.